The molecule has 1 nitrogen and oxygen atoms in total. The number of hydrogen-bond donors (Lipinski definition) is 1. The first-order chi connectivity index (χ1) is 8.45. The first kappa shape index (κ1) is 15.6. The lowest BCUT2D eigenvalue weighted by Gasteiger charge is -2.21. The molecule has 1 rings (SSSR count). The predicted molar refractivity (Wildman–Crippen MR) is 74.5 cm³/mol. The van der Waals surface area contributed by atoms with E-state index in [-0.39, 0.29) is 16.3 Å². The molecule has 0 amide bonds. The fourth-order valence-electron chi connectivity index (χ4n) is 1.92. The molecule has 0 aliphatic heterocycles. The average molecular weight is 320 g/mol. The monoisotopic (exact) mass is 319 g/mol. The zero-order valence-corrected chi connectivity index (χ0v) is 12.7. The van der Waals surface area contributed by atoms with Crippen LogP contribution in [0, 0.1) is 17.6 Å². The van der Waals surface area contributed by atoms with Crippen LogP contribution in [-0.2, 0) is 0 Å². The average Bonchev–Trinajstić information content (AvgIpc) is 2.29. The Hall–Kier alpha value is -0.480. The van der Waals surface area contributed by atoms with Crippen LogP contribution >= 0.6 is 15.9 Å². The van der Waals surface area contributed by atoms with Gasteiger partial charge in [-0.25, -0.2) is 8.78 Å². The lowest BCUT2D eigenvalue weighted by Crippen LogP contribution is -2.24. The molecule has 0 aromatic heterocycles. The van der Waals surface area contributed by atoms with Crippen LogP contribution in [0.15, 0.2) is 16.6 Å². The van der Waals surface area contributed by atoms with Crippen molar-refractivity contribution in [1.29, 1.82) is 0 Å². The second-order valence-electron chi connectivity index (χ2n) is 4.92. The summed E-state index contributed by atoms with van der Waals surface area (Å²) in [4.78, 5) is 0. The minimum absolute atomic E-state index is 0.132. The zero-order chi connectivity index (χ0) is 13.7. The van der Waals surface area contributed by atoms with E-state index in [9.17, 15) is 8.78 Å². The molecule has 4 heteroatoms. The highest BCUT2D eigenvalue weighted by atomic mass is 79.9. The number of nitrogens with one attached hydrogen (secondary N) is 1. The Balaban J connectivity index is 2.99. The van der Waals surface area contributed by atoms with Crippen molar-refractivity contribution in [1.82, 2.24) is 5.32 Å². The SMILES string of the molecule is CCCNC(CC(C)C)c1cc(F)c(Br)cc1F. The Morgan fingerprint density at radius 2 is 1.89 bits per heavy atom. The maximum absolute atomic E-state index is 13.9. The molecule has 18 heavy (non-hydrogen) atoms. The fraction of sp³-hybridized carbons (Fsp3) is 0.571. The van der Waals surface area contributed by atoms with Gasteiger partial charge in [0, 0.05) is 11.6 Å². The van der Waals surface area contributed by atoms with Crippen LogP contribution in [0.2, 0.25) is 0 Å². The van der Waals surface area contributed by atoms with Crippen LogP contribution < -0.4 is 5.32 Å². The van der Waals surface area contributed by atoms with Crippen LogP contribution in [-0.4, -0.2) is 6.54 Å². The van der Waals surface area contributed by atoms with Crippen LogP contribution in [0.25, 0.3) is 0 Å². The summed E-state index contributed by atoms with van der Waals surface area (Å²) in [6, 6.07) is 2.35. The van der Waals surface area contributed by atoms with Gasteiger partial charge in [0.15, 0.2) is 0 Å². The van der Waals surface area contributed by atoms with Gasteiger partial charge < -0.3 is 5.32 Å². The van der Waals surface area contributed by atoms with Crippen molar-refractivity contribution in [3.05, 3.63) is 33.8 Å². The van der Waals surface area contributed by atoms with Gasteiger partial charge in [-0.1, -0.05) is 20.8 Å². The normalized spacial score (nSPS) is 13.1. The van der Waals surface area contributed by atoms with Gasteiger partial charge in [0.1, 0.15) is 11.6 Å². The molecule has 0 aliphatic carbocycles. The summed E-state index contributed by atoms with van der Waals surface area (Å²) in [6.45, 7) is 7.01. The highest BCUT2D eigenvalue weighted by Gasteiger charge is 2.18. The second kappa shape index (κ2) is 7.19. The maximum Gasteiger partial charge on any atom is 0.137 e. The lowest BCUT2D eigenvalue weighted by atomic mass is 9.96. The molecule has 1 N–H and O–H groups in total. The van der Waals surface area contributed by atoms with Crippen LogP contribution in [0.5, 0.6) is 0 Å². The number of rotatable bonds is 6. The van der Waals surface area contributed by atoms with Gasteiger partial charge in [-0.3, -0.25) is 0 Å². The molecule has 0 radical (unpaired) electrons. The van der Waals surface area contributed by atoms with Crippen molar-refractivity contribution in [2.45, 2.75) is 39.7 Å². The Labute approximate surface area is 116 Å². The topological polar surface area (TPSA) is 12.0 Å². The first-order valence-corrected chi connectivity index (χ1v) is 7.12. The van der Waals surface area contributed by atoms with Gasteiger partial charge in [0.25, 0.3) is 0 Å². The highest BCUT2D eigenvalue weighted by molar-refractivity contribution is 9.10. The first-order valence-electron chi connectivity index (χ1n) is 6.33. The molecule has 1 atom stereocenters. The van der Waals surface area contributed by atoms with Crippen LogP contribution in [0.1, 0.15) is 45.2 Å². The summed E-state index contributed by atoms with van der Waals surface area (Å²) in [7, 11) is 0. The third-order valence-corrected chi connectivity index (χ3v) is 3.37. The van der Waals surface area contributed by atoms with Gasteiger partial charge in [0.05, 0.1) is 4.47 Å². The van der Waals surface area contributed by atoms with Gasteiger partial charge in [-0.05, 0) is 53.4 Å². The smallest absolute Gasteiger partial charge is 0.137 e. The number of hydrogen-bond acceptors (Lipinski definition) is 1. The number of halogens is 3. The summed E-state index contributed by atoms with van der Waals surface area (Å²) in [6.07, 6.45) is 1.76. The molecule has 1 aromatic carbocycles. The van der Waals surface area contributed by atoms with E-state index in [1.807, 2.05) is 0 Å². The van der Waals surface area contributed by atoms with E-state index < -0.39 is 5.82 Å². The van der Waals surface area contributed by atoms with Crippen molar-refractivity contribution < 1.29 is 8.78 Å². The zero-order valence-electron chi connectivity index (χ0n) is 11.1. The Bertz CT molecular complexity index is 394. The van der Waals surface area contributed by atoms with E-state index in [0.717, 1.165) is 19.4 Å². The summed E-state index contributed by atoms with van der Waals surface area (Å²) in [5.74, 6) is -0.360. The molecule has 0 bridgehead atoms. The predicted octanol–water partition coefficient (Wildman–Crippen LogP) is 4.81. The van der Waals surface area contributed by atoms with E-state index in [1.165, 1.54) is 12.1 Å². The van der Waals surface area contributed by atoms with Crippen LogP contribution in [0.3, 0.4) is 0 Å². The highest BCUT2D eigenvalue weighted by Crippen LogP contribution is 2.28. The molecule has 0 saturated heterocycles. The molecule has 0 spiro atoms. The molecule has 0 heterocycles. The lowest BCUT2D eigenvalue weighted by molar-refractivity contribution is 0.413. The molecule has 1 aromatic rings. The van der Waals surface area contributed by atoms with Crippen molar-refractivity contribution in [3.63, 3.8) is 0 Å². The molecule has 1 unspecified atom stereocenters. The van der Waals surface area contributed by atoms with E-state index in [1.54, 1.807) is 0 Å². The van der Waals surface area contributed by atoms with E-state index >= 15 is 0 Å². The molecular formula is C14H20BrF2N. The second-order valence-corrected chi connectivity index (χ2v) is 5.78. The van der Waals surface area contributed by atoms with Crippen molar-refractivity contribution in [2.75, 3.05) is 6.54 Å². The third-order valence-electron chi connectivity index (χ3n) is 2.76. The minimum Gasteiger partial charge on any atom is -0.310 e. The minimum atomic E-state index is -0.418. The molecule has 0 aliphatic rings. The Morgan fingerprint density at radius 3 is 2.44 bits per heavy atom. The van der Waals surface area contributed by atoms with E-state index in [2.05, 4.69) is 42.0 Å². The summed E-state index contributed by atoms with van der Waals surface area (Å²) < 4.78 is 27.6. The quantitative estimate of drug-likeness (QED) is 0.742. The van der Waals surface area contributed by atoms with E-state index in [0.29, 0.717) is 11.5 Å². The van der Waals surface area contributed by atoms with Crippen molar-refractivity contribution in [2.24, 2.45) is 5.92 Å². The van der Waals surface area contributed by atoms with Gasteiger partial charge in [0.2, 0.25) is 0 Å². The third kappa shape index (κ3) is 4.32. The van der Waals surface area contributed by atoms with E-state index in [4.69, 9.17) is 0 Å². The Morgan fingerprint density at radius 1 is 1.22 bits per heavy atom. The Kier molecular flexibility index (Phi) is 6.22. The fourth-order valence-corrected chi connectivity index (χ4v) is 2.23. The summed E-state index contributed by atoms with van der Waals surface area (Å²) >= 11 is 3.00. The maximum atomic E-state index is 13.9. The number of benzene rings is 1. The molecule has 102 valence electrons. The van der Waals surface area contributed by atoms with Crippen LogP contribution in [0.4, 0.5) is 8.78 Å². The molecule has 0 saturated carbocycles. The van der Waals surface area contributed by atoms with Gasteiger partial charge >= 0.3 is 0 Å². The summed E-state index contributed by atoms with van der Waals surface area (Å²) in [5.41, 5.74) is 0.415. The van der Waals surface area contributed by atoms with Crippen molar-refractivity contribution in [3.8, 4) is 0 Å². The standard InChI is InChI=1S/C14H20BrF2N/c1-4-5-18-14(6-9(2)3)10-7-13(17)11(15)8-12(10)16/h7-9,14,18H,4-6H2,1-3H3. The van der Waals surface area contributed by atoms with Gasteiger partial charge in [-0.15, -0.1) is 0 Å². The summed E-state index contributed by atoms with van der Waals surface area (Å²) in [5, 5.41) is 3.28. The van der Waals surface area contributed by atoms with Crippen molar-refractivity contribution >= 4 is 15.9 Å². The van der Waals surface area contributed by atoms with Gasteiger partial charge in [-0.2, -0.15) is 0 Å². The molecular weight excluding hydrogens is 300 g/mol. The molecule has 0 fully saturated rings. The largest absolute Gasteiger partial charge is 0.310 e.